The number of thioether (sulfide) groups is 1. The van der Waals surface area contributed by atoms with Crippen molar-refractivity contribution in [2.24, 2.45) is 0 Å². The summed E-state index contributed by atoms with van der Waals surface area (Å²) in [6.07, 6.45) is 0. The second kappa shape index (κ2) is 7.09. The van der Waals surface area contributed by atoms with Gasteiger partial charge in [-0.2, -0.15) is 11.8 Å². The molecule has 0 saturated carbocycles. The number of rotatable bonds is 6. The van der Waals surface area contributed by atoms with Crippen LogP contribution >= 0.6 is 23.1 Å². The minimum absolute atomic E-state index is 0.150. The molecule has 1 rings (SSSR count). The van der Waals surface area contributed by atoms with E-state index in [0.717, 1.165) is 0 Å². The van der Waals surface area contributed by atoms with Gasteiger partial charge in [0, 0.05) is 28.1 Å². The molecule has 0 radical (unpaired) electrons. The van der Waals surface area contributed by atoms with Crippen molar-refractivity contribution in [3.05, 3.63) is 15.6 Å². The van der Waals surface area contributed by atoms with Gasteiger partial charge in [0.1, 0.15) is 0 Å². The molecule has 4 heteroatoms. The minimum atomic E-state index is 0.150. The smallest absolute Gasteiger partial charge is 0.0985 e. The Morgan fingerprint density at radius 2 is 1.95 bits per heavy atom. The molecule has 0 fully saturated rings. The van der Waals surface area contributed by atoms with E-state index in [1.165, 1.54) is 27.1 Å². The number of nitrogens with one attached hydrogen (secondary N) is 1. The van der Waals surface area contributed by atoms with Crippen LogP contribution in [0.5, 0.6) is 0 Å². The van der Waals surface area contributed by atoms with Gasteiger partial charge in [-0.3, -0.25) is 0 Å². The van der Waals surface area contributed by atoms with Crippen molar-refractivity contribution in [1.29, 1.82) is 0 Å². The summed E-state index contributed by atoms with van der Waals surface area (Å²) < 4.78 is 0. The maximum Gasteiger partial charge on any atom is 0.0985 e. The van der Waals surface area contributed by atoms with E-state index in [4.69, 9.17) is 4.98 Å². The Bertz CT molecular complexity index is 393. The summed E-state index contributed by atoms with van der Waals surface area (Å²) in [6, 6.07) is 0.931. The Balaban J connectivity index is 2.72. The zero-order chi connectivity index (χ0) is 14.6. The first-order chi connectivity index (χ1) is 8.75. The Morgan fingerprint density at radius 3 is 2.42 bits per heavy atom. The van der Waals surface area contributed by atoms with Crippen molar-refractivity contribution in [1.82, 2.24) is 10.3 Å². The number of aryl methyl sites for hydroxylation is 1. The Kier molecular flexibility index (Phi) is 6.34. The molecule has 2 nitrogen and oxygen atoms in total. The molecular formula is C15H28N2S2. The standard InChI is InChI=1S/C15H28N2S2/c1-8-18-9-10(2)16-11(3)13-12(4)17-14(19-13)15(5,6)7/h10-11,16H,8-9H2,1-7H3. The largest absolute Gasteiger partial charge is 0.306 e. The van der Waals surface area contributed by atoms with Gasteiger partial charge in [0.25, 0.3) is 0 Å². The maximum absolute atomic E-state index is 4.75. The monoisotopic (exact) mass is 300 g/mol. The van der Waals surface area contributed by atoms with E-state index < -0.39 is 0 Å². The van der Waals surface area contributed by atoms with Crippen molar-refractivity contribution in [2.45, 2.75) is 66.0 Å². The molecule has 2 atom stereocenters. The molecule has 0 aliphatic rings. The summed E-state index contributed by atoms with van der Waals surface area (Å²) in [6.45, 7) is 15.5. The first-order valence-electron chi connectivity index (χ1n) is 7.07. The van der Waals surface area contributed by atoms with Gasteiger partial charge in [0.15, 0.2) is 0 Å². The van der Waals surface area contributed by atoms with Crippen molar-refractivity contribution < 1.29 is 0 Å². The molecule has 0 aliphatic carbocycles. The van der Waals surface area contributed by atoms with Crippen molar-refractivity contribution in [3.63, 3.8) is 0 Å². The number of hydrogen-bond donors (Lipinski definition) is 1. The fraction of sp³-hybridized carbons (Fsp3) is 0.800. The van der Waals surface area contributed by atoms with E-state index in [9.17, 15) is 0 Å². The molecule has 1 heterocycles. The van der Waals surface area contributed by atoms with Crippen LogP contribution in [0, 0.1) is 6.92 Å². The van der Waals surface area contributed by atoms with Gasteiger partial charge in [-0.1, -0.05) is 27.7 Å². The topological polar surface area (TPSA) is 24.9 Å². The normalized spacial score (nSPS) is 15.5. The van der Waals surface area contributed by atoms with E-state index in [0.29, 0.717) is 12.1 Å². The van der Waals surface area contributed by atoms with Crippen LogP contribution in [0.15, 0.2) is 0 Å². The average molecular weight is 301 g/mol. The molecule has 1 aromatic heterocycles. The summed E-state index contributed by atoms with van der Waals surface area (Å²) in [4.78, 5) is 6.13. The van der Waals surface area contributed by atoms with Gasteiger partial charge in [-0.25, -0.2) is 4.98 Å². The van der Waals surface area contributed by atoms with E-state index in [-0.39, 0.29) is 5.41 Å². The van der Waals surface area contributed by atoms with E-state index in [2.05, 4.69) is 53.8 Å². The maximum atomic E-state index is 4.75. The third kappa shape index (κ3) is 5.09. The van der Waals surface area contributed by atoms with Crippen LogP contribution in [-0.4, -0.2) is 22.5 Å². The third-order valence-electron chi connectivity index (χ3n) is 2.97. The Morgan fingerprint density at radius 1 is 1.32 bits per heavy atom. The van der Waals surface area contributed by atoms with Crippen molar-refractivity contribution in [3.8, 4) is 0 Å². The molecule has 0 amide bonds. The Hall–Kier alpha value is -0.0600. The van der Waals surface area contributed by atoms with Crippen LogP contribution in [0.1, 0.15) is 63.2 Å². The van der Waals surface area contributed by atoms with Crippen LogP contribution in [0.4, 0.5) is 0 Å². The first-order valence-corrected chi connectivity index (χ1v) is 9.04. The second-order valence-electron chi connectivity index (χ2n) is 6.17. The molecule has 0 bridgehead atoms. The molecule has 2 unspecified atom stereocenters. The molecule has 0 saturated heterocycles. The number of nitrogens with zero attached hydrogens (tertiary/aromatic N) is 1. The van der Waals surface area contributed by atoms with Crippen molar-refractivity contribution in [2.75, 3.05) is 11.5 Å². The minimum Gasteiger partial charge on any atom is -0.306 e. The summed E-state index contributed by atoms with van der Waals surface area (Å²) in [5.74, 6) is 2.36. The third-order valence-corrected chi connectivity index (χ3v) is 5.88. The molecule has 0 aliphatic heterocycles. The molecule has 110 valence electrons. The number of thiazole rings is 1. The van der Waals surface area contributed by atoms with Gasteiger partial charge in [-0.05, 0) is 26.5 Å². The molecule has 0 spiro atoms. The summed E-state index contributed by atoms with van der Waals surface area (Å²) in [5.41, 5.74) is 1.34. The number of aromatic nitrogens is 1. The summed E-state index contributed by atoms with van der Waals surface area (Å²) in [5, 5.41) is 4.93. The molecule has 1 aromatic rings. The van der Waals surface area contributed by atoms with Crippen LogP contribution in [0.2, 0.25) is 0 Å². The quantitative estimate of drug-likeness (QED) is 0.835. The van der Waals surface area contributed by atoms with Crippen molar-refractivity contribution >= 4 is 23.1 Å². The predicted molar refractivity (Wildman–Crippen MR) is 89.6 cm³/mol. The predicted octanol–water partition coefficient (Wildman–Crippen LogP) is 4.54. The fourth-order valence-electron chi connectivity index (χ4n) is 1.98. The lowest BCUT2D eigenvalue weighted by Crippen LogP contribution is -2.30. The fourth-order valence-corrected chi connectivity index (χ4v) is 3.80. The zero-order valence-corrected chi connectivity index (χ0v) is 15.0. The van der Waals surface area contributed by atoms with Crippen LogP contribution < -0.4 is 5.32 Å². The molecule has 0 aromatic carbocycles. The Labute approximate surface area is 126 Å². The highest BCUT2D eigenvalue weighted by Crippen LogP contribution is 2.32. The lowest BCUT2D eigenvalue weighted by Gasteiger charge is -2.19. The summed E-state index contributed by atoms with van der Waals surface area (Å²) in [7, 11) is 0. The van der Waals surface area contributed by atoms with Gasteiger partial charge in [0.2, 0.25) is 0 Å². The van der Waals surface area contributed by atoms with Gasteiger partial charge in [0.05, 0.1) is 10.7 Å². The lowest BCUT2D eigenvalue weighted by atomic mass is 9.98. The SMILES string of the molecule is CCSCC(C)NC(C)c1sc(C(C)(C)C)nc1C. The van der Waals surface area contributed by atoms with E-state index in [1.807, 2.05) is 23.1 Å². The highest BCUT2D eigenvalue weighted by atomic mass is 32.2. The van der Waals surface area contributed by atoms with Crippen LogP contribution in [0.3, 0.4) is 0 Å². The van der Waals surface area contributed by atoms with E-state index >= 15 is 0 Å². The molecular weight excluding hydrogens is 272 g/mol. The van der Waals surface area contributed by atoms with Gasteiger partial charge in [-0.15, -0.1) is 11.3 Å². The lowest BCUT2D eigenvalue weighted by molar-refractivity contribution is 0.515. The van der Waals surface area contributed by atoms with E-state index in [1.54, 1.807) is 0 Å². The van der Waals surface area contributed by atoms with Crippen LogP contribution in [0.25, 0.3) is 0 Å². The summed E-state index contributed by atoms with van der Waals surface area (Å²) >= 11 is 3.85. The van der Waals surface area contributed by atoms with Crippen LogP contribution in [-0.2, 0) is 5.41 Å². The van der Waals surface area contributed by atoms with Gasteiger partial charge < -0.3 is 5.32 Å². The average Bonchev–Trinajstić information content (AvgIpc) is 2.68. The zero-order valence-electron chi connectivity index (χ0n) is 13.3. The first kappa shape index (κ1) is 17.0. The molecule has 19 heavy (non-hydrogen) atoms. The highest BCUT2D eigenvalue weighted by Gasteiger charge is 2.22. The number of hydrogen-bond acceptors (Lipinski definition) is 4. The van der Waals surface area contributed by atoms with Gasteiger partial charge >= 0.3 is 0 Å². The second-order valence-corrected chi connectivity index (χ2v) is 8.52. The molecule has 1 N–H and O–H groups in total. The highest BCUT2D eigenvalue weighted by molar-refractivity contribution is 7.99.